The number of hydrogen-bond acceptors (Lipinski definition) is 4. The summed E-state index contributed by atoms with van der Waals surface area (Å²) in [6.07, 6.45) is 2.05. The summed E-state index contributed by atoms with van der Waals surface area (Å²) < 4.78 is 0. The van der Waals surface area contributed by atoms with E-state index in [0.29, 0.717) is 0 Å². The Morgan fingerprint density at radius 1 is 1.40 bits per heavy atom. The Hall–Kier alpha value is -0.900. The molecule has 0 unspecified atom stereocenters. The first-order valence-corrected chi connectivity index (χ1v) is 5.95. The average molecular weight is 225 g/mol. The summed E-state index contributed by atoms with van der Waals surface area (Å²) in [7, 11) is 0. The maximum Gasteiger partial charge on any atom is 0.206 e. The van der Waals surface area contributed by atoms with Gasteiger partial charge in [-0.2, -0.15) is 0 Å². The summed E-state index contributed by atoms with van der Waals surface area (Å²) >= 11 is 1.60. The molecule has 0 aliphatic rings. The van der Waals surface area contributed by atoms with E-state index in [1.807, 2.05) is 19.9 Å². The van der Waals surface area contributed by atoms with Crippen LogP contribution in [-0.2, 0) is 0 Å². The summed E-state index contributed by atoms with van der Waals surface area (Å²) in [6.45, 7) is 11.6. The maximum atomic E-state index is 4.13. The third kappa shape index (κ3) is 4.00. The molecular weight excluding hydrogens is 206 g/mol. The molecule has 1 aromatic heterocycles. The van der Waals surface area contributed by atoms with Crippen LogP contribution in [0.4, 0.5) is 5.13 Å². The van der Waals surface area contributed by atoms with Gasteiger partial charge in [-0.1, -0.05) is 38.2 Å². The van der Waals surface area contributed by atoms with Crippen LogP contribution in [0.1, 0.15) is 39.6 Å². The molecule has 84 valence electrons. The van der Waals surface area contributed by atoms with E-state index in [0.717, 1.165) is 16.7 Å². The molecule has 0 amide bonds. The molecule has 1 N–H and O–H groups in total. The van der Waals surface area contributed by atoms with Crippen LogP contribution in [0.25, 0.3) is 5.57 Å². The molecule has 0 radical (unpaired) electrons. The fraction of sp³-hybridized carbons (Fsp3) is 0.636. The predicted octanol–water partition coefficient (Wildman–Crippen LogP) is 3.42. The van der Waals surface area contributed by atoms with Gasteiger partial charge in [0.2, 0.25) is 5.13 Å². The molecule has 15 heavy (non-hydrogen) atoms. The monoisotopic (exact) mass is 225 g/mol. The first-order valence-electron chi connectivity index (χ1n) is 5.13. The second kappa shape index (κ2) is 4.75. The zero-order valence-corrected chi connectivity index (χ0v) is 10.9. The lowest BCUT2D eigenvalue weighted by Gasteiger charge is -2.17. The first-order chi connectivity index (χ1) is 6.92. The van der Waals surface area contributed by atoms with Crippen molar-refractivity contribution in [1.29, 1.82) is 0 Å². The Labute approximate surface area is 95.6 Å². The molecule has 0 aliphatic carbocycles. The van der Waals surface area contributed by atoms with E-state index in [1.54, 1.807) is 11.3 Å². The van der Waals surface area contributed by atoms with Crippen LogP contribution in [0.5, 0.6) is 0 Å². The molecule has 0 aromatic carbocycles. The van der Waals surface area contributed by atoms with Crippen molar-refractivity contribution < 1.29 is 0 Å². The third-order valence-corrected chi connectivity index (χ3v) is 2.98. The van der Waals surface area contributed by atoms with Gasteiger partial charge >= 0.3 is 0 Å². The summed E-state index contributed by atoms with van der Waals surface area (Å²) in [5, 5.41) is 13.4. The summed E-state index contributed by atoms with van der Waals surface area (Å²) in [5.41, 5.74) is 1.44. The van der Waals surface area contributed by atoms with Gasteiger partial charge < -0.3 is 5.32 Å². The molecule has 0 atom stereocenters. The minimum absolute atomic E-state index is 0.265. The minimum Gasteiger partial charge on any atom is -0.360 e. The topological polar surface area (TPSA) is 37.8 Å². The minimum atomic E-state index is 0.265. The van der Waals surface area contributed by atoms with E-state index in [4.69, 9.17) is 0 Å². The van der Waals surface area contributed by atoms with E-state index in [2.05, 4.69) is 36.3 Å². The van der Waals surface area contributed by atoms with E-state index in [-0.39, 0.29) is 5.41 Å². The van der Waals surface area contributed by atoms with Gasteiger partial charge in [0, 0.05) is 6.54 Å². The van der Waals surface area contributed by atoms with Gasteiger partial charge in [-0.15, -0.1) is 10.2 Å². The van der Waals surface area contributed by atoms with Crippen LogP contribution >= 0.6 is 11.3 Å². The van der Waals surface area contributed by atoms with Crippen molar-refractivity contribution >= 4 is 22.0 Å². The van der Waals surface area contributed by atoms with Gasteiger partial charge in [-0.05, 0) is 24.8 Å². The van der Waals surface area contributed by atoms with Crippen molar-refractivity contribution in [2.45, 2.75) is 34.6 Å². The molecule has 0 bridgehead atoms. The van der Waals surface area contributed by atoms with Gasteiger partial charge in [-0.3, -0.25) is 0 Å². The normalized spacial score (nSPS) is 13.0. The number of nitrogens with zero attached hydrogens (tertiary/aromatic N) is 2. The van der Waals surface area contributed by atoms with Crippen LogP contribution in [0, 0.1) is 5.41 Å². The predicted molar refractivity (Wildman–Crippen MR) is 67.2 cm³/mol. The molecule has 1 rings (SSSR count). The van der Waals surface area contributed by atoms with Crippen molar-refractivity contribution in [1.82, 2.24) is 10.2 Å². The van der Waals surface area contributed by atoms with Crippen molar-refractivity contribution in [2.24, 2.45) is 5.41 Å². The molecule has 0 saturated heterocycles. The SMILES string of the molecule is CC=C(C)c1nnc(NCC(C)(C)C)s1. The number of aromatic nitrogens is 2. The molecule has 0 aliphatic heterocycles. The molecule has 3 nitrogen and oxygen atoms in total. The smallest absolute Gasteiger partial charge is 0.206 e. The van der Waals surface area contributed by atoms with Crippen molar-refractivity contribution in [3.63, 3.8) is 0 Å². The van der Waals surface area contributed by atoms with Crippen molar-refractivity contribution in [2.75, 3.05) is 11.9 Å². The summed E-state index contributed by atoms with van der Waals surface area (Å²) in [4.78, 5) is 0. The Kier molecular flexibility index (Phi) is 3.85. The van der Waals surface area contributed by atoms with Gasteiger partial charge in [-0.25, -0.2) is 0 Å². The van der Waals surface area contributed by atoms with E-state index >= 15 is 0 Å². The highest BCUT2D eigenvalue weighted by Gasteiger charge is 2.11. The van der Waals surface area contributed by atoms with Gasteiger partial charge in [0.15, 0.2) is 0 Å². The van der Waals surface area contributed by atoms with Gasteiger partial charge in [0.05, 0.1) is 0 Å². The molecular formula is C11H19N3S. The van der Waals surface area contributed by atoms with Crippen molar-refractivity contribution in [3.8, 4) is 0 Å². The Morgan fingerprint density at radius 3 is 2.60 bits per heavy atom. The third-order valence-electron chi connectivity index (χ3n) is 1.97. The second-order valence-corrected chi connectivity index (χ2v) is 5.78. The van der Waals surface area contributed by atoms with Gasteiger partial charge in [0.25, 0.3) is 0 Å². The molecule has 4 heteroatoms. The number of anilines is 1. The Balaban J connectivity index is 2.61. The largest absolute Gasteiger partial charge is 0.360 e. The van der Waals surface area contributed by atoms with Crippen LogP contribution in [0.2, 0.25) is 0 Å². The van der Waals surface area contributed by atoms with E-state index in [1.165, 1.54) is 5.57 Å². The molecule has 1 aromatic rings. The highest BCUT2D eigenvalue weighted by Crippen LogP contribution is 2.23. The quantitative estimate of drug-likeness (QED) is 0.856. The van der Waals surface area contributed by atoms with E-state index < -0.39 is 0 Å². The number of nitrogens with one attached hydrogen (secondary N) is 1. The Bertz CT molecular complexity index is 347. The summed E-state index contributed by atoms with van der Waals surface area (Å²) in [6, 6.07) is 0. The molecule has 0 saturated carbocycles. The molecule has 0 fully saturated rings. The summed E-state index contributed by atoms with van der Waals surface area (Å²) in [5.74, 6) is 0. The van der Waals surface area contributed by atoms with Crippen LogP contribution in [-0.4, -0.2) is 16.7 Å². The molecule has 0 spiro atoms. The number of allylic oxidation sites excluding steroid dienone is 2. The van der Waals surface area contributed by atoms with Gasteiger partial charge in [0.1, 0.15) is 5.01 Å². The van der Waals surface area contributed by atoms with E-state index in [9.17, 15) is 0 Å². The fourth-order valence-electron chi connectivity index (χ4n) is 0.918. The maximum absolute atomic E-state index is 4.13. The number of rotatable bonds is 3. The lowest BCUT2D eigenvalue weighted by molar-refractivity contribution is 0.443. The van der Waals surface area contributed by atoms with Crippen LogP contribution in [0.15, 0.2) is 6.08 Å². The lowest BCUT2D eigenvalue weighted by Crippen LogP contribution is -2.18. The first kappa shape index (κ1) is 12.2. The highest BCUT2D eigenvalue weighted by atomic mass is 32.1. The number of hydrogen-bond donors (Lipinski definition) is 1. The lowest BCUT2D eigenvalue weighted by atomic mass is 9.97. The molecule has 1 heterocycles. The average Bonchev–Trinajstić information content (AvgIpc) is 2.61. The highest BCUT2D eigenvalue weighted by molar-refractivity contribution is 7.16. The van der Waals surface area contributed by atoms with Crippen LogP contribution < -0.4 is 5.32 Å². The zero-order chi connectivity index (χ0) is 11.5. The Morgan fingerprint density at radius 2 is 2.07 bits per heavy atom. The van der Waals surface area contributed by atoms with Crippen LogP contribution in [0.3, 0.4) is 0 Å². The zero-order valence-electron chi connectivity index (χ0n) is 10.1. The standard InChI is InChI=1S/C11H19N3S/c1-6-8(2)9-13-14-10(15-9)12-7-11(3,4)5/h6H,7H2,1-5H3,(H,12,14). The van der Waals surface area contributed by atoms with Crippen molar-refractivity contribution in [3.05, 3.63) is 11.1 Å². The fourth-order valence-corrected chi connectivity index (χ4v) is 1.69. The second-order valence-electron chi connectivity index (χ2n) is 4.80.